The molecule has 0 aromatic heterocycles. The third kappa shape index (κ3) is 2.28. The van der Waals surface area contributed by atoms with E-state index in [0.717, 1.165) is 31.6 Å². The normalized spacial score (nSPS) is 22.1. The van der Waals surface area contributed by atoms with Crippen LogP contribution in [0.2, 0.25) is 0 Å². The molecule has 2 aliphatic heterocycles. The number of nitrogens with two attached hydrogens (primary N) is 1. The van der Waals surface area contributed by atoms with Gasteiger partial charge in [0.05, 0.1) is 24.6 Å². The molecule has 1 aromatic rings. The summed E-state index contributed by atoms with van der Waals surface area (Å²) in [6.07, 6.45) is 1.64. The lowest BCUT2D eigenvalue weighted by atomic mass is 10.0. The molecule has 4 nitrogen and oxygen atoms in total. The lowest BCUT2D eigenvalue weighted by molar-refractivity contribution is -0.169. The Balaban J connectivity index is 1.76. The van der Waals surface area contributed by atoms with Gasteiger partial charge < -0.3 is 20.1 Å². The van der Waals surface area contributed by atoms with Gasteiger partial charge in [0, 0.05) is 25.9 Å². The predicted octanol–water partition coefficient (Wildman–Crippen LogP) is 2.06. The maximum absolute atomic E-state index is 13.4. The van der Waals surface area contributed by atoms with Crippen molar-refractivity contribution in [3.05, 3.63) is 23.5 Å². The molecular formula is C14H19FN2O2. The standard InChI is InChI=1S/C14H19FN2O2/c1-10-8-13(12(16)9-11(10)15)17-4-2-14(3-5-17)18-6-7-19-14/h8-9H,2-7,16H2,1H3. The van der Waals surface area contributed by atoms with Gasteiger partial charge in [0.2, 0.25) is 0 Å². The Morgan fingerprint density at radius 1 is 1.21 bits per heavy atom. The second-order valence-electron chi connectivity index (χ2n) is 5.25. The number of hydrogen-bond acceptors (Lipinski definition) is 4. The summed E-state index contributed by atoms with van der Waals surface area (Å²) in [4.78, 5) is 2.18. The van der Waals surface area contributed by atoms with Crippen LogP contribution in [0.4, 0.5) is 15.8 Å². The molecular weight excluding hydrogens is 247 g/mol. The number of aryl methyl sites for hydroxylation is 1. The second kappa shape index (κ2) is 4.65. The van der Waals surface area contributed by atoms with E-state index >= 15 is 0 Å². The molecule has 5 heteroatoms. The average Bonchev–Trinajstić information content (AvgIpc) is 2.84. The molecule has 1 aromatic carbocycles. The molecule has 0 bridgehead atoms. The summed E-state index contributed by atoms with van der Waals surface area (Å²) in [7, 11) is 0. The van der Waals surface area contributed by atoms with Crippen molar-refractivity contribution < 1.29 is 13.9 Å². The van der Waals surface area contributed by atoms with Crippen LogP contribution in [0, 0.1) is 12.7 Å². The number of rotatable bonds is 1. The first-order valence-electron chi connectivity index (χ1n) is 6.68. The second-order valence-corrected chi connectivity index (χ2v) is 5.25. The molecule has 2 aliphatic rings. The lowest BCUT2D eigenvalue weighted by Crippen LogP contribution is -2.45. The van der Waals surface area contributed by atoms with Crippen LogP contribution in [0.3, 0.4) is 0 Å². The Morgan fingerprint density at radius 3 is 2.47 bits per heavy atom. The average molecular weight is 266 g/mol. The number of anilines is 2. The third-order valence-electron chi connectivity index (χ3n) is 3.99. The van der Waals surface area contributed by atoms with Crippen LogP contribution in [-0.2, 0) is 9.47 Å². The minimum absolute atomic E-state index is 0.253. The highest BCUT2D eigenvalue weighted by Gasteiger charge is 2.40. The molecule has 3 rings (SSSR count). The molecule has 0 saturated carbocycles. The van der Waals surface area contributed by atoms with E-state index < -0.39 is 0 Å². The van der Waals surface area contributed by atoms with E-state index in [1.54, 1.807) is 6.92 Å². The van der Waals surface area contributed by atoms with Crippen LogP contribution in [0.1, 0.15) is 18.4 Å². The van der Waals surface area contributed by atoms with Crippen molar-refractivity contribution in [1.82, 2.24) is 0 Å². The van der Waals surface area contributed by atoms with Gasteiger partial charge in [-0.15, -0.1) is 0 Å². The Bertz CT molecular complexity index is 477. The number of benzene rings is 1. The molecule has 2 N–H and O–H groups in total. The summed E-state index contributed by atoms with van der Waals surface area (Å²) in [5.74, 6) is -0.641. The van der Waals surface area contributed by atoms with Crippen molar-refractivity contribution in [2.45, 2.75) is 25.6 Å². The van der Waals surface area contributed by atoms with Crippen molar-refractivity contribution in [1.29, 1.82) is 0 Å². The molecule has 2 heterocycles. The molecule has 0 radical (unpaired) electrons. The van der Waals surface area contributed by atoms with Gasteiger partial charge in [0.25, 0.3) is 0 Å². The molecule has 2 saturated heterocycles. The van der Waals surface area contributed by atoms with E-state index in [-0.39, 0.29) is 11.6 Å². The molecule has 0 amide bonds. The Labute approximate surface area is 112 Å². The first-order chi connectivity index (χ1) is 9.10. The van der Waals surface area contributed by atoms with Gasteiger partial charge in [-0.05, 0) is 24.6 Å². The first kappa shape index (κ1) is 12.7. The topological polar surface area (TPSA) is 47.7 Å². The Hall–Kier alpha value is -1.33. The van der Waals surface area contributed by atoms with Gasteiger partial charge in [-0.25, -0.2) is 4.39 Å². The molecule has 1 spiro atoms. The van der Waals surface area contributed by atoms with E-state index in [4.69, 9.17) is 15.2 Å². The zero-order chi connectivity index (χ0) is 13.5. The highest BCUT2D eigenvalue weighted by Crippen LogP contribution is 2.35. The smallest absolute Gasteiger partial charge is 0.171 e. The van der Waals surface area contributed by atoms with Crippen LogP contribution in [-0.4, -0.2) is 32.1 Å². The van der Waals surface area contributed by atoms with E-state index in [1.807, 2.05) is 6.07 Å². The van der Waals surface area contributed by atoms with E-state index in [9.17, 15) is 4.39 Å². The van der Waals surface area contributed by atoms with Crippen LogP contribution < -0.4 is 10.6 Å². The fourth-order valence-corrected chi connectivity index (χ4v) is 2.83. The molecule has 19 heavy (non-hydrogen) atoms. The van der Waals surface area contributed by atoms with Crippen molar-refractivity contribution in [3.63, 3.8) is 0 Å². The highest BCUT2D eigenvalue weighted by atomic mass is 19.1. The fraction of sp³-hybridized carbons (Fsp3) is 0.571. The van der Waals surface area contributed by atoms with Crippen LogP contribution in [0.25, 0.3) is 0 Å². The van der Waals surface area contributed by atoms with E-state index in [2.05, 4.69) is 4.90 Å². The van der Waals surface area contributed by atoms with Gasteiger partial charge in [-0.2, -0.15) is 0 Å². The first-order valence-corrected chi connectivity index (χ1v) is 6.68. The summed E-state index contributed by atoms with van der Waals surface area (Å²) >= 11 is 0. The number of ether oxygens (including phenoxy) is 2. The Morgan fingerprint density at radius 2 is 1.84 bits per heavy atom. The summed E-state index contributed by atoms with van der Waals surface area (Å²) in [5, 5.41) is 0. The molecule has 104 valence electrons. The minimum atomic E-state index is -0.389. The van der Waals surface area contributed by atoms with Gasteiger partial charge in [-0.3, -0.25) is 0 Å². The summed E-state index contributed by atoms with van der Waals surface area (Å²) in [6, 6.07) is 3.22. The SMILES string of the molecule is Cc1cc(N2CCC3(CC2)OCCO3)c(N)cc1F. The zero-order valence-corrected chi connectivity index (χ0v) is 11.1. The van der Waals surface area contributed by atoms with Gasteiger partial charge in [0.1, 0.15) is 5.82 Å². The third-order valence-corrected chi connectivity index (χ3v) is 3.99. The molecule has 0 unspecified atom stereocenters. The quantitative estimate of drug-likeness (QED) is 0.790. The van der Waals surface area contributed by atoms with Gasteiger partial charge in [-0.1, -0.05) is 0 Å². The fourth-order valence-electron chi connectivity index (χ4n) is 2.83. The number of piperidine rings is 1. The zero-order valence-electron chi connectivity index (χ0n) is 11.1. The number of halogens is 1. The summed E-state index contributed by atoms with van der Waals surface area (Å²) in [6.45, 7) is 4.74. The van der Waals surface area contributed by atoms with Crippen LogP contribution in [0.15, 0.2) is 12.1 Å². The number of nitrogens with zero attached hydrogens (tertiary/aromatic N) is 1. The maximum atomic E-state index is 13.4. The van der Waals surface area contributed by atoms with Crippen molar-refractivity contribution in [2.24, 2.45) is 0 Å². The largest absolute Gasteiger partial charge is 0.397 e. The predicted molar refractivity (Wildman–Crippen MR) is 71.6 cm³/mol. The number of nitrogen functional groups attached to an aromatic ring is 1. The molecule has 2 fully saturated rings. The molecule has 0 atom stereocenters. The summed E-state index contributed by atoms with van der Waals surface area (Å²) in [5.41, 5.74) is 7.95. The van der Waals surface area contributed by atoms with Gasteiger partial charge in [0.15, 0.2) is 5.79 Å². The highest BCUT2D eigenvalue weighted by molar-refractivity contribution is 5.69. The minimum Gasteiger partial charge on any atom is -0.397 e. The van der Waals surface area contributed by atoms with Crippen molar-refractivity contribution in [3.8, 4) is 0 Å². The van der Waals surface area contributed by atoms with Crippen LogP contribution >= 0.6 is 0 Å². The lowest BCUT2D eigenvalue weighted by Gasteiger charge is -2.39. The van der Waals surface area contributed by atoms with Crippen LogP contribution in [0.5, 0.6) is 0 Å². The summed E-state index contributed by atoms with van der Waals surface area (Å²) < 4.78 is 24.8. The Kier molecular flexibility index (Phi) is 3.11. The molecule has 0 aliphatic carbocycles. The van der Waals surface area contributed by atoms with E-state index in [1.165, 1.54) is 6.07 Å². The maximum Gasteiger partial charge on any atom is 0.171 e. The van der Waals surface area contributed by atoms with Crippen molar-refractivity contribution >= 4 is 11.4 Å². The van der Waals surface area contributed by atoms with Crippen molar-refractivity contribution in [2.75, 3.05) is 36.9 Å². The van der Waals surface area contributed by atoms with E-state index in [0.29, 0.717) is 24.5 Å². The number of hydrogen-bond donors (Lipinski definition) is 1. The van der Waals surface area contributed by atoms with Gasteiger partial charge >= 0.3 is 0 Å². The monoisotopic (exact) mass is 266 g/mol.